The van der Waals surface area contributed by atoms with E-state index in [4.69, 9.17) is 4.74 Å². The van der Waals surface area contributed by atoms with E-state index in [0.29, 0.717) is 13.0 Å². The maximum atomic E-state index is 14.0. The van der Waals surface area contributed by atoms with Crippen LogP contribution in [0.15, 0.2) is 16.6 Å². The minimum absolute atomic E-state index is 0.0366. The van der Waals surface area contributed by atoms with Gasteiger partial charge in [0.2, 0.25) is 0 Å². The molecule has 1 saturated heterocycles. The van der Waals surface area contributed by atoms with Crippen LogP contribution >= 0.6 is 15.9 Å². The predicted molar refractivity (Wildman–Crippen MR) is 92.4 cm³/mol. The standard InChI is InChI=1S/C17H21BrF2N2O3/c1-17(2,3)25-16(24)21(4)10-5-6-22(9-10)15(23)11-7-14(20)12(18)8-13(11)19/h7-8,10H,5-6,9H2,1-4H3/t10-/m0/s1. The molecule has 8 heteroatoms. The number of hydrogen-bond acceptors (Lipinski definition) is 3. The summed E-state index contributed by atoms with van der Waals surface area (Å²) in [5.41, 5.74) is -0.932. The molecule has 1 fully saturated rings. The number of halogens is 3. The Morgan fingerprint density at radius 2 is 1.92 bits per heavy atom. The zero-order valence-corrected chi connectivity index (χ0v) is 16.2. The van der Waals surface area contributed by atoms with Crippen molar-refractivity contribution in [3.05, 3.63) is 33.8 Å². The Morgan fingerprint density at radius 3 is 2.52 bits per heavy atom. The first-order valence-corrected chi connectivity index (χ1v) is 8.68. The lowest BCUT2D eigenvalue weighted by Gasteiger charge is -2.28. The lowest BCUT2D eigenvalue weighted by Crippen LogP contribution is -2.42. The summed E-state index contributed by atoms with van der Waals surface area (Å²) in [7, 11) is 1.60. The highest BCUT2D eigenvalue weighted by molar-refractivity contribution is 9.10. The van der Waals surface area contributed by atoms with Crippen LogP contribution in [0.2, 0.25) is 0 Å². The number of ether oxygens (including phenoxy) is 1. The molecule has 5 nitrogen and oxygen atoms in total. The first-order valence-electron chi connectivity index (χ1n) is 7.89. The summed E-state index contributed by atoms with van der Waals surface area (Å²) in [6.45, 7) is 5.91. The van der Waals surface area contributed by atoms with E-state index >= 15 is 0 Å². The summed E-state index contributed by atoms with van der Waals surface area (Å²) in [5, 5.41) is 0. The average Bonchev–Trinajstić information content (AvgIpc) is 2.97. The first kappa shape index (κ1) is 19.6. The molecule has 0 spiro atoms. The van der Waals surface area contributed by atoms with Crippen molar-refractivity contribution in [1.29, 1.82) is 0 Å². The van der Waals surface area contributed by atoms with Crippen LogP contribution in [-0.4, -0.2) is 53.6 Å². The number of carbonyl (C=O) groups is 2. The number of amides is 2. The molecule has 0 radical (unpaired) electrons. The Kier molecular flexibility index (Phi) is 5.71. The van der Waals surface area contributed by atoms with E-state index in [1.165, 1.54) is 9.80 Å². The molecule has 1 heterocycles. The van der Waals surface area contributed by atoms with Crippen LogP contribution in [0, 0.1) is 11.6 Å². The van der Waals surface area contributed by atoms with Gasteiger partial charge in [0, 0.05) is 20.1 Å². The molecule has 0 unspecified atom stereocenters. The molecular formula is C17H21BrF2N2O3. The number of likely N-dealkylation sites (tertiary alicyclic amines) is 1. The van der Waals surface area contributed by atoms with Crippen molar-refractivity contribution in [2.45, 2.75) is 38.8 Å². The number of carbonyl (C=O) groups excluding carboxylic acids is 2. The smallest absolute Gasteiger partial charge is 0.410 e. The lowest BCUT2D eigenvalue weighted by molar-refractivity contribution is 0.0226. The van der Waals surface area contributed by atoms with Gasteiger partial charge in [-0.15, -0.1) is 0 Å². The summed E-state index contributed by atoms with van der Waals surface area (Å²) in [6, 6.07) is 1.58. The Balaban J connectivity index is 2.06. The number of nitrogens with zero attached hydrogens (tertiary/aromatic N) is 2. The summed E-state index contributed by atoms with van der Waals surface area (Å²) in [4.78, 5) is 27.4. The maximum Gasteiger partial charge on any atom is 0.410 e. The topological polar surface area (TPSA) is 49.9 Å². The van der Waals surface area contributed by atoms with E-state index in [9.17, 15) is 18.4 Å². The molecule has 0 N–H and O–H groups in total. The summed E-state index contributed by atoms with van der Waals surface area (Å²) < 4.78 is 32.9. The van der Waals surface area contributed by atoms with Crippen molar-refractivity contribution >= 4 is 27.9 Å². The normalized spacial score (nSPS) is 17.6. The largest absolute Gasteiger partial charge is 0.444 e. The molecule has 1 atom stereocenters. The molecule has 1 aliphatic rings. The van der Waals surface area contributed by atoms with Gasteiger partial charge >= 0.3 is 6.09 Å². The average molecular weight is 419 g/mol. The van der Waals surface area contributed by atoms with Crippen molar-refractivity contribution in [3.8, 4) is 0 Å². The van der Waals surface area contributed by atoms with E-state index in [-0.39, 0.29) is 22.6 Å². The van der Waals surface area contributed by atoms with Crippen molar-refractivity contribution in [1.82, 2.24) is 9.80 Å². The molecule has 0 aromatic heterocycles. The Morgan fingerprint density at radius 1 is 1.28 bits per heavy atom. The minimum atomic E-state index is -0.790. The fourth-order valence-electron chi connectivity index (χ4n) is 2.58. The Hall–Kier alpha value is -1.70. The second-order valence-electron chi connectivity index (χ2n) is 7.03. The molecule has 2 rings (SSSR count). The van der Waals surface area contributed by atoms with Crippen molar-refractivity contribution < 1.29 is 23.1 Å². The third-order valence-electron chi connectivity index (χ3n) is 3.92. The number of benzene rings is 1. The van der Waals surface area contributed by atoms with Crippen LogP contribution in [0.1, 0.15) is 37.6 Å². The third-order valence-corrected chi connectivity index (χ3v) is 4.53. The van der Waals surface area contributed by atoms with Crippen LogP contribution in [0.4, 0.5) is 13.6 Å². The minimum Gasteiger partial charge on any atom is -0.444 e. The Labute approximate surface area is 154 Å². The van der Waals surface area contributed by atoms with Crippen molar-refractivity contribution in [3.63, 3.8) is 0 Å². The van der Waals surface area contributed by atoms with Crippen LogP contribution < -0.4 is 0 Å². The monoisotopic (exact) mass is 418 g/mol. The van der Waals surface area contributed by atoms with Crippen molar-refractivity contribution in [2.24, 2.45) is 0 Å². The van der Waals surface area contributed by atoms with Gasteiger partial charge in [0.25, 0.3) is 5.91 Å². The van der Waals surface area contributed by atoms with Gasteiger partial charge in [0.15, 0.2) is 0 Å². The van der Waals surface area contributed by atoms with Gasteiger partial charge < -0.3 is 14.5 Å². The van der Waals surface area contributed by atoms with Crippen LogP contribution in [0.3, 0.4) is 0 Å². The van der Waals surface area contributed by atoms with Crippen LogP contribution in [-0.2, 0) is 4.74 Å². The summed E-state index contributed by atoms with van der Waals surface area (Å²) >= 11 is 2.88. The quantitative estimate of drug-likeness (QED) is 0.686. The fourth-order valence-corrected chi connectivity index (χ4v) is 2.90. The number of likely N-dealkylation sites (N-methyl/N-ethyl adjacent to an activating group) is 1. The van der Waals surface area contributed by atoms with Crippen LogP contribution in [0.25, 0.3) is 0 Å². The van der Waals surface area contributed by atoms with E-state index < -0.39 is 29.2 Å². The molecule has 0 aliphatic carbocycles. The molecule has 138 valence electrons. The number of hydrogen-bond donors (Lipinski definition) is 0. The van der Waals surface area contributed by atoms with Gasteiger partial charge in [-0.3, -0.25) is 4.79 Å². The SMILES string of the molecule is CN(C(=O)OC(C)(C)C)[C@H]1CCN(C(=O)c2cc(F)c(Br)cc2F)C1. The van der Waals surface area contributed by atoms with E-state index in [2.05, 4.69) is 15.9 Å². The van der Waals surface area contributed by atoms with Gasteiger partial charge in [-0.1, -0.05) is 0 Å². The second kappa shape index (κ2) is 7.27. The van der Waals surface area contributed by atoms with Gasteiger partial charge in [0.1, 0.15) is 17.2 Å². The fraction of sp³-hybridized carbons (Fsp3) is 0.529. The van der Waals surface area contributed by atoms with Gasteiger partial charge in [0.05, 0.1) is 16.1 Å². The number of rotatable bonds is 2. The first-order chi connectivity index (χ1) is 11.5. The third kappa shape index (κ3) is 4.68. The van der Waals surface area contributed by atoms with E-state index in [1.54, 1.807) is 27.8 Å². The Bertz CT molecular complexity index is 691. The van der Waals surface area contributed by atoms with Gasteiger partial charge in [-0.2, -0.15) is 0 Å². The molecule has 25 heavy (non-hydrogen) atoms. The second-order valence-corrected chi connectivity index (χ2v) is 7.89. The highest BCUT2D eigenvalue weighted by Gasteiger charge is 2.34. The van der Waals surface area contributed by atoms with Crippen LogP contribution in [0.5, 0.6) is 0 Å². The van der Waals surface area contributed by atoms with Crippen molar-refractivity contribution in [2.75, 3.05) is 20.1 Å². The summed E-state index contributed by atoms with van der Waals surface area (Å²) in [5.74, 6) is -2.09. The maximum absolute atomic E-state index is 14.0. The zero-order chi connectivity index (χ0) is 18.9. The molecule has 1 aromatic carbocycles. The molecule has 2 amide bonds. The molecule has 0 saturated carbocycles. The molecular weight excluding hydrogens is 398 g/mol. The lowest BCUT2D eigenvalue weighted by atomic mass is 10.2. The van der Waals surface area contributed by atoms with Gasteiger partial charge in [-0.05, 0) is 55.3 Å². The highest BCUT2D eigenvalue weighted by atomic mass is 79.9. The molecule has 1 aliphatic heterocycles. The molecule has 1 aromatic rings. The molecule has 0 bridgehead atoms. The van der Waals surface area contributed by atoms with Gasteiger partial charge in [-0.25, -0.2) is 13.6 Å². The highest BCUT2D eigenvalue weighted by Crippen LogP contribution is 2.24. The predicted octanol–water partition coefficient (Wildman–Crippen LogP) is 3.81. The van der Waals surface area contributed by atoms with E-state index in [0.717, 1.165) is 12.1 Å². The summed E-state index contributed by atoms with van der Waals surface area (Å²) in [6.07, 6.45) is 0.0647. The van der Waals surface area contributed by atoms with E-state index in [1.807, 2.05) is 0 Å². The zero-order valence-electron chi connectivity index (χ0n) is 14.6.